The van der Waals surface area contributed by atoms with Gasteiger partial charge in [0.1, 0.15) is 17.3 Å². The molecule has 1 saturated heterocycles. The Labute approximate surface area is 174 Å². The smallest absolute Gasteiger partial charge is 0.257 e. The van der Waals surface area contributed by atoms with Gasteiger partial charge in [-0.3, -0.25) is 14.3 Å². The number of carbonyl (C=O) groups excluding carboxylic acids is 2. The first-order valence-electron chi connectivity index (χ1n) is 10.2. The second kappa shape index (κ2) is 6.55. The molecule has 1 fully saturated rings. The first-order valence-corrected chi connectivity index (χ1v) is 10.2. The van der Waals surface area contributed by atoms with Crippen molar-refractivity contribution in [1.29, 1.82) is 0 Å². The van der Waals surface area contributed by atoms with Gasteiger partial charge in [-0.2, -0.15) is 5.10 Å². The van der Waals surface area contributed by atoms with E-state index in [0.29, 0.717) is 24.4 Å². The van der Waals surface area contributed by atoms with Crippen molar-refractivity contribution in [2.24, 2.45) is 7.05 Å². The van der Waals surface area contributed by atoms with Crippen LogP contribution in [0.15, 0.2) is 49.1 Å². The van der Waals surface area contributed by atoms with Crippen molar-refractivity contribution in [1.82, 2.24) is 24.2 Å². The van der Waals surface area contributed by atoms with Gasteiger partial charge >= 0.3 is 0 Å². The molecule has 1 N–H and O–H groups in total. The first kappa shape index (κ1) is 18.6. The molecule has 2 atom stereocenters. The molecular weight excluding hydrogens is 380 g/mol. The van der Waals surface area contributed by atoms with Crippen LogP contribution in [-0.4, -0.2) is 42.6 Å². The molecule has 8 heteroatoms. The van der Waals surface area contributed by atoms with Crippen LogP contribution in [0, 0.1) is 0 Å². The molecule has 4 heterocycles. The van der Waals surface area contributed by atoms with E-state index < -0.39 is 11.5 Å². The van der Waals surface area contributed by atoms with E-state index in [1.807, 2.05) is 55.9 Å². The number of hydrogen-bond acceptors (Lipinski definition) is 4. The highest BCUT2D eigenvalue weighted by Crippen LogP contribution is 2.54. The van der Waals surface area contributed by atoms with Crippen LogP contribution in [0.5, 0.6) is 0 Å². The Morgan fingerprint density at radius 3 is 2.80 bits per heavy atom. The predicted molar refractivity (Wildman–Crippen MR) is 111 cm³/mol. The molecule has 0 saturated carbocycles. The number of nitrogens with zero attached hydrogens (tertiary/aromatic N) is 5. The third-order valence-electron chi connectivity index (χ3n) is 6.33. The zero-order valence-electron chi connectivity index (χ0n) is 17.2. The highest BCUT2D eigenvalue weighted by molar-refractivity contribution is 6.08. The number of imidazole rings is 1. The van der Waals surface area contributed by atoms with Gasteiger partial charge < -0.3 is 14.8 Å². The Kier molecular flexibility index (Phi) is 4.06. The maximum atomic E-state index is 13.6. The van der Waals surface area contributed by atoms with Gasteiger partial charge in [0, 0.05) is 43.9 Å². The van der Waals surface area contributed by atoms with Crippen LogP contribution in [0.2, 0.25) is 0 Å². The number of anilines is 1. The van der Waals surface area contributed by atoms with Crippen LogP contribution in [0.25, 0.3) is 0 Å². The third kappa shape index (κ3) is 2.46. The fourth-order valence-electron chi connectivity index (χ4n) is 4.80. The lowest BCUT2D eigenvalue weighted by molar-refractivity contribution is -0.121. The maximum Gasteiger partial charge on any atom is 0.257 e. The zero-order chi connectivity index (χ0) is 21.0. The molecule has 8 nitrogen and oxygen atoms in total. The largest absolute Gasteiger partial charge is 0.336 e. The summed E-state index contributed by atoms with van der Waals surface area (Å²) in [4.78, 5) is 33.3. The van der Waals surface area contributed by atoms with Crippen LogP contribution >= 0.6 is 0 Å². The predicted octanol–water partition coefficient (Wildman–Crippen LogP) is 2.67. The minimum Gasteiger partial charge on any atom is -0.336 e. The second-order valence-corrected chi connectivity index (χ2v) is 8.32. The number of carbonyl (C=O) groups is 2. The average Bonchev–Trinajstić information content (AvgIpc) is 3.49. The number of benzene rings is 1. The van der Waals surface area contributed by atoms with Gasteiger partial charge in [0.25, 0.3) is 5.91 Å². The molecule has 5 rings (SSSR count). The number of para-hydroxylation sites is 1. The van der Waals surface area contributed by atoms with E-state index in [-0.39, 0.29) is 17.9 Å². The average molecular weight is 404 g/mol. The van der Waals surface area contributed by atoms with E-state index in [0.717, 1.165) is 11.3 Å². The Hall–Kier alpha value is -3.42. The normalized spacial score (nSPS) is 22.7. The first-order chi connectivity index (χ1) is 14.4. The van der Waals surface area contributed by atoms with Crippen molar-refractivity contribution in [3.8, 4) is 0 Å². The molecule has 1 aromatic carbocycles. The molecule has 0 bridgehead atoms. The summed E-state index contributed by atoms with van der Waals surface area (Å²) in [5, 5.41) is 7.35. The number of aryl methyl sites for hydroxylation is 1. The van der Waals surface area contributed by atoms with Crippen molar-refractivity contribution in [2.45, 2.75) is 37.8 Å². The van der Waals surface area contributed by atoms with Gasteiger partial charge in [-0.25, -0.2) is 4.98 Å². The third-order valence-corrected chi connectivity index (χ3v) is 6.33. The lowest BCUT2D eigenvalue weighted by Gasteiger charge is -2.33. The number of amides is 2. The van der Waals surface area contributed by atoms with Crippen LogP contribution in [0.4, 0.5) is 5.69 Å². The highest BCUT2D eigenvalue weighted by Gasteiger charge is 2.60. The Morgan fingerprint density at radius 1 is 1.30 bits per heavy atom. The van der Waals surface area contributed by atoms with Crippen molar-refractivity contribution in [3.63, 3.8) is 0 Å². The molecule has 2 aliphatic heterocycles. The summed E-state index contributed by atoms with van der Waals surface area (Å²) in [5.74, 6) is 0.484. The molecule has 154 valence electrons. The molecule has 3 aromatic rings. The van der Waals surface area contributed by atoms with Gasteiger partial charge in [0.2, 0.25) is 5.91 Å². The monoisotopic (exact) mass is 404 g/mol. The van der Waals surface area contributed by atoms with Gasteiger partial charge in [0.15, 0.2) is 0 Å². The molecule has 0 radical (unpaired) electrons. The Bertz CT molecular complexity index is 1150. The number of rotatable bonds is 3. The van der Waals surface area contributed by atoms with E-state index in [1.165, 1.54) is 0 Å². The minimum absolute atomic E-state index is 0.0788. The van der Waals surface area contributed by atoms with E-state index in [4.69, 9.17) is 0 Å². The standard InChI is InChI=1S/C22H24N6O2/c1-14(2)28-13-15(12-24-28)20(29)27-10-8-22(18(27)19-23-9-11-26(19)3)16-6-4-5-7-17(16)25-21(22)30/h4-7,9,11-14,18H,8,10H2,1-3H3,(H,25,30)/t18-,22+/m0/s1. The maximum absolute atomic E-state index is 13.6. The Balaban J connectivity index is 1.64. The van der Waals surface area contributed by atoms with E-state index in [9.17, 15) is 9.59 Å². The van der Waals surface area contributed by atoms with Crippen LogP contribution < -0.4 is 5.32 Å². The SMILES string of the molecule is CC(C)n1cc(C(=O)N2CC[C@]3(C(=O)Nc4ccccc43)[C@@H]2c2nccn2C)cn1. The number of nitrogens with one attached hydrogen (secondary N) is 1. The van der Waals surface area contributed by atoms with Gasteiger partial charge in [-0.15, -0.1) is 0 Å². The molecule has 0 unspecified atom stereocenters. The van der Waals surface area contributed by atoms with Gasteiger partial charge in [0.05, 0.1) is 11.8 Å². The van der Waals surface area contributed by atoms with Gasteiger partial charge in [-0.1, -0.05) is 18.2 Å². The molecule has 2 aliphatic rings. The van der Waals surface area contributed by atoms with Crippen LogP contribution in [-0.2, 0) is 17.3 Å². The lowest BCUT2D eigenvalue weighted by atomic mass is 9.74. The van der Waals surface area contributed by atoms with E-state index >= 15 is 0 Å². The summed E-state index contributed by atoms with van der Waals surface area (Å²) < 4.78 is 3.66. The summed E-state index contributed by atoms with van der Waals surface area (Å²) in [7, 11) is 1.90. The highest BCUT2D eigenvalue weighted by atomic mass is 16.2. The molecule has 2 aromatic heterocycles. The summed E-state index contributed by atoms with van der Waals surface area (Å²) in [6.45, 7) is 4.50. The number of likely N-dealkylation sites (tertiary alicyclic amines) is 1. The quantitative estimate of drug-likeness (QED) is 0.727. The molecule has 1 spiro atoms. The second-order valence-electron chi connectivity index (χ2n) is 8.32. The van der Waals surface area contributed by atoms with E-state index in [1.54, 1.807) is 28.2 Å². The van der Waals surface area contributed by atoms with Crippen LogP contribution in [0.3, 0.4) is 0 Å². The molecular formula is C22H24N6O2. The van der Waals surface area contributed by atoms with Crippen LogP contribution in [0.1, 0.15) is 54.1 Å². The van der Waals surface area contributed by atoms with E-state index in [2.05, 4.69) is 15.4 Å². The fourth-order valence-corrected chi connectivity index (χ4v) is 4.80. The fraction of sp³-hybridized carbons (Fsp3) is 0.364. The van der Waals surface area contributed by atoms with Crippen molar-refractivity contribution in [3.05, 3.63) is 66.0 Å². The molecule has 0 aliphatic carbocycles. The minimum atomic E-state index is -0.862. The zero-order valence-corrected chi connectivity index (χ0v) is 17.2. The van der Waals surface area contributed by atoms with Gasteiger partial charge in [-0.05, 0) is 31.9 Å². The van der Waals surface area contributed by atoms with Crippen molar-refractivity contribution >= 4 is 17.5 Å². The number of fused-ring (bicyclic) bond motifs is 2. The summed E-state index contributed by atoms with van der Waals surface area (Å²) in [6.07, 6.45) is 7.47. The molecule has 2 amide bonds. The van der Waals surface area contributed by atoms with Crippen molar-refractivity contribution in [2.75, 3.05) is 11.9 Å². The number of aromatic nitrogens is 4. The molecule has 30 heavy (non-hydrogen) atoms. The number of hydrogen-bond donors (Lipinski definition) is 1. The topological polar surface area (TPSA) is 85.0 Å². The lowest BCUT2D eigenvalue weighted by Crippen LogP contribution is -2.43. The summed E-state index contributed by atoms with van der Waals surface area (Å²) >= 11 is 0. The summed E-state index contributed by atoms with van der Waals surface area (Å²) in [5.41, 5.74) is 1.39. The van der Waals surface area contributed by atoms with Crippen molar-refractivity contribution < 1.29 is 9.59 Å². The summed E-state index contributed by atoms with van der Waals surface area (Å²) in [6, 6.07) is 7.40. The Morgan fingerprint density at radius 2 is 2.10 bits per heavy atom.